The number of carboxylic acid groups (broad SMARTS) is 1. The maximum Gasteiger partial charge on any atom is 0.392 e. The van der Waals surface area contributed by atoms with E-state index in [2.05, 4.69) is 40.2 Å². The zero-order valence-corrected chi connectivity index (χ0v) is 16.5. The van der Waals surface area contributed by atoms with Gasteiger partial charge < -0.3 is 20.1 Å². The largest absolute Gasteiger partial charge is 0.480 e. The van der Waals surface area contributed by atoms with E-state index < -0.39 is 37.8 Å². The summed E-state index contributed by atoms with van der Waals surface area (Å²) in [6.07, 6.45) is -3.24. The van der Waals surface area contributed by atoms with Crippen LogP contribution in [0.1, 0.15) is 25.3 Å². The fourth-order valence-corrected chi connectivity index (χ4v) is 1.83. The number of carbonyl (C=O) groups is 3. The Bertz CT molecular complexity index is 806. The number of fused-ring (bicyclic) bond motifs is 1. The number of aliphatic carboxylic acids is 1. The normalized spacial score (nSPS) is 10.2. The molecule has 0 aliphatic rings. The molecule has 0 atom stereocenters. The van der Waals surface area contributed by atoms with Gasteiger partial charge in [0.15, 0.2) is 6.67 Å². The molecule has 0 spiro atoms. The first kappa shape index (κ1) is 26.9. The van der Waals surface area contributed by atoms with E-state index in [0.717, 1.165) is 0 Å². The van der Waals surface area contributed by atoms with E-state index in [9.17, 15) is 31.9 Å². The van der Waals surface area contributed by atoms with Crippen LogP contribution in [-0.4, -0.2) is 53.9 Å². The van der Waals surface area contributed by atoms with Gasteiger partial charge >= 0.3 is 18.1 Å². The van der Waals surface area contributed by atoms with Crippen molar-refractivity contribution in [3.8, 4) is 0 Å². The molecule has 1 aromatic heterocycles. The number of alkyl halides is 4. The molecule has 1 aromatic carbocycles. The Kier molecular flexibility index (Phi) is 12.5. The van der Waals surface area contributed by atoms with Crippen LogP contribution in [-0.2, 0) is 19.1 Å². The van der Waals surface area contributed by atoms with Crippen LogP contribution in [0.3, 0.4) is 0 Å². The summed E-state index contributed by atoms with van der Waals surface area (Å²) in [6, 6.07) is 8.31. The SMILES string of the molecule is CCC(=O)NCC(=O)O.Cc1c[nH]c2ccccc12.O=C(CF)OCCC(F)(F)F. The number of ether oxygens (including phenoxy) is 1. The lowest BCUT2D eigenvalue weighted by molar-refractivity contribution is -0.159. The topological polar surface area (TPSA) is 108 Å². The molecule has 0 aliphatic carbocycles. The molecule has 0 fully saturated rings. The predicted molar refractivity (Wildman–Crippen MR) is 102 cm³/mol. The molecule has 0 saturated heterocycles. The predicted octanol–water partition coefficient (Wildman–Crippen LogP) is 3.53. The van der Waals surface area contributed by atoms with Crippen molar-refractivity contribution in [2.24, 2.45) is 0 Å². The number of aromatic amines is 1. The summed E-state index contributed by atoms with van der Waals surface area (Å²) < 4.78 is 49.1. The van der Waals surface area contributed by atoms with Crippen LogP contribution in [0.2, 0.25) is 0 Å². The van der Waals surface area contributed by atoms with Gasteiger partial charge in [0, 0.05) is 23.5 Å². The van der Waals surface area contributed by atoms with E-state index in [1.807, 2.05) is 12.3 Å². The maximum absolute atomic E-state index is 11.3. The van der Waals surface area contributed by atoms with Gasteiger partial charge in [0.05, 0.1) is 6.42 Å². The van der Waals surface area contributed by atoms with Gasteiger partial charge in [0.2, 0.25) is 5.91 Å². The fraction of sp³-hybridized carbons (Fsp3) is 0.421. The second-order valence-electron chi connectivity index (χ2n) is 5.76. The molecule has 30 heavy (non-hydrogen) atoms. The summed E-state index contributed by atoms with van der Waals surface area (Å²) >= 11 is 0. The molecule has 11 heteroatoms. The van der Waals surface area contributed by atoms with Gasteiger partial charge in [-0.1, -0.05) is 25.1 Å². The van der Waals surface area contributed by atoms with E-state index in [4.69, 9.17) is 5.11 Å². The van der Waals surface area contributed by atoms with Crippen molar-refractivity contribution >= 4 is 28.7 Å². The minimum absolute atomic E-state index is 0.239. The van der Waals surface area contributed by atoms with Gasteiger partial charge in [-0.3, -0.25) is 9.59 Å². The maximum atomic E-state index is 11.3. The molecule has 0 aliphatic heterocycles. The standard InChI is InChI=1S/C9H9N.C5H6F4O2.C5H9NO3/c1-7-6-10-9-5-3-2-4-8(7)9;6-3-4(10)11-2-1-5(7,8)9;1-2-4(7)6-3-5(8)9/h2-6,10H,1H3;1-3H2;2-3H2,1H3,(H,6,7)(H,8,9). The highest BCUT2D eigenvalue weighted by Crippen LogP contribution is 2.19. The summed E-state index contributed by atoms with van der Waals surface area (Å²) in [5.74, 6) is -2.52. The van der Waals surface area contributed by atoms with Gasteiger partial charge in [0.1, 0.15) is 13.2 Å². The van der Waals surface area contributed by atoms with Crippen LogP contribution in [0, 0.1) is 6.92 Å². The quantitative estimate of drug-likeness (QED) is 0.474. The van der Waals surface area contributed by atoms with E-state index in [-0.39, 0.29) is 12.5 Å². The summed E-state index contributed by atoms with van der Waals surface area (Å²) in [7, 11) is 0. The summed E-state index contributed by atoms with van der Waals surface area (Å²) in [5, 5.41) is 11.6. The molecule has 0 saturated carbocycles. The minimum Gasteiger partial charge on any atom is -0.480 e. The first-order chi connectivity index (χ1) is 14.0. The number of esters is 1. The highest BCUT2D eigenvalue weighted by molar-refractivity contribution is 5.82. The Labute approximate surface area is 170 Å². The Morgan fingerprint density at radius 3 is 2.33 bits per heavy atom. The fourth-order valence-electron chi connectivity index (χ4n) is 1.83. The molecule has 0 radical (unpaired) electrons. The monoisotopic (exact) mass is 436 g/mol. The van der Waals surface area contributed by atoms with E-state index >= 15 is 0 Å². The molecular formula is C19H24F4N2O5. The molecule has 0 bridgehead atoms. The molecule has 168 valence electrons. The lowest BCUT2D eigenvalue weighted by Crippen LogP contribution is -2.28. The Hall–Kier alpha value is -3.11. The molecule has 1 amide bonds. The van der Waals surface area contributed by atoms with Crippen LogP contribution in [0.5, 0.6) is 0 Å². The summed E-state index contributed by atoms with van der Waals surface area (Å²) in [6.45, 7) is 1.28. The van der Waals surface area contributed by atoms with Crippen LogP contribution >= 0.6 is 0 Å². The van der Waals surface area contributed by atoms with Gasteiger partial charge in [0.25, 0.3) is 0 Å². The number of H-pyrrole nitrogens is 1. The number of hydrogen-bond donors (Lipinski definition) is 3. The number of carboxylic acids is 1. The number of aromatic nitrogens is 1. The van der Waals surface area contributed by atoms with Gasteiger partial charge in [-0.25, -0.2) is 9.18 Å². The van der Waals surface area contributed by atoms with Crippen LogP contribution in [0.25, 0.3) is 10.9 Å². The number of carbonyl (C=O) groups excluding carboxylic acids is 2. The number of aryl methyl sites for hydroxylation is 1. The van der Waals surface area contributed by atoms with Gasteiger partial charge in [-0.2, -0.15) is 13.2 Å². The third-order valence-electron chi connectivity index (χ3n) is 3.31. The van der Waals surface area contributed by atoms with Crippen LogP contribution in [0.4, 0.5) is 17.6 Å². The van der Waals surface area contributed by atoms with Crippen molar-refractivity contribution in [3.05, 3.63) is 36.0 Å². The average molecular weight is 436 g/mol. The lowest BCUT2D eigenvalue weighted by Gasteiger charge is -2.05. The molecule has 0 unspecified atom stereocenters. The number of halogens is 4. The van der Waals surface area contributed by atoms with Crippen molar-refractivity contribution in [1.29, 1.82) is 0 Å². The highest BCUT2D eigenvalue weighted by atomic mass is 19.4. The first-order valence-corrected chi connectivity index (χ1v) is 8.79. The second kappa shape index (κ2) is 14.0. The number of nitrogens with one attached hydrogen (secondary N) is 2. The van der Waals surface area contributed by atoms with Crippen LogP contribution < -0.4 is 5.32 Å². The molecule has 1 heterocycles. The number of benzene rings is 1. The van der Waals surface area contributed by atoms with Gasteiger partial charge in [-0.15, -0.1) is 0 Å². The minimum atomic E-state index is -4.36. The van der Waals surface area contributed by atoms with E-state index in [1.54, 1.807) is 6.92 Å². The smallest absolute Gasteiger partial charge is 0.392 e. The zero-order chi connectivity index (χ0) is 23.2. The third-order valence-corrected chi connectivity index (χ3v) is 3.31. The van der Waals surface area contributed by atoms with Crippen molar-refractivity contribution in [1.82, 2.24) is 10.3 Å². The number of para-hydroxylation sites is 1. The highest BCUT2D eigenvalue weighted by Gasteiger charge is 2.27. The average Bonchev–Trinajstić information content (AvgIpc) is 3.07. The van der Waals surface area contributed by atoms with Crippen molar-refractivity contribution in [3.63, 3.8) is 0 Å². The van der Waals surface area contributed by atoms with E-state index in [1.165, 1.54) is 16.5 Å². The summed E-state index contributed by atoms with van der Waals surface area (Å²) in [5.41, 5.74) is 2.54. The van der Waals surface area contributed by atoms with Crippen molar-refractivity contribution in [2.75, 3.05) is 19.8 Å². The number of amides is 1. The second-order valence-corrected chi connectivity index (χ2v) is 5.76. The number of rotatable bonds is 6. The van der Waals surface area contributed by atoms with Gasteiger partial charge in [-0.05, 0) is 18.6 Å². The van der Waals surface area contributed by atoms with Crippen molar-refractivity contribution in [2.45, 2.75) is 32.9 Å². The Balaban J connectivity index is 0.000000423. The molecule has 2 rings (SSSR count). The van der Waals surface area contributed by atoms with Crippen LogP contribution in [0.15, 0.2) is 30.5 Å². The molecular weight excluding hydrogens is 412 g/mol. The summed E-state index contributed by atoms with van der Waals surface area (Å²) in [4.78, 5) is 33.3. The van der Waals surface area contributed by atoms with E-state index in [0.29, 0.717) is 6.42 Å². The van der Waals surface area contributed by atoms with Crippen molar-refractivity contribution < 1.29 is 41.8 Å². The Morgan fingerprint density at radius 2 is 1.83 bits per heavy atom. The lowest BCUT2D eigenvalue weighted by atomic mass is 10.2. The third kappa shape index (κ3) is 13.1. The number of hydrogen-bond acceptors (Lipinski definition) is 4. The Morgan fingerprint density at radius 1 is 1.20 bits per heavy atom. The molecule has 3 N–H and O–H groups in total. The first-order valence-electron chi connectivity index (χ1n) is 8.79. The molecule has 2 aromatic rings. The molecule has 7 nitrogen and oxygen atoms in total. The zero-order valence-electron chi connectivity index (χ0n) is 16.5.